The van der Waals surface area contributed by atoms with Crippen molar-refractivity contribution in [3.8, 4) is 0 Å². The Morgan fingerprint density at radius 2 is 2.00 bits per heavy atom. The number of hydrogen-bond donors (Lipinski definition) is 2. The van der Waals surface area contributed by atoms with E-state index in [4.69, 9.17) is 5.11 Å². The highest BCUT2D eigenvalue weighted by Gasteiger charge is 2.14. The molecule has 5 nitrogen and oxygen atoms in total. The van der Waals surface area contributed by atoms with Gasteiger partial charge in [0.2, 0.25) is 0 Å². The van der Waals surface area contributed by atoms with Crippen molar-refractivity contribution in [3.05, 3.63) is 45.2 Å². The maximum absolute atomic E-state index is 11.1. The van der Waals surface area contributed by atoms with E-state index in [0.717, 1.165) is 21.3 Å². The highest BCUT2D eigenvalue weighted by Crippen LogP contribution is 2.25. The molecule has 0 amide bonds. The van der Waals surface area contributed by atoms with Gasteiger partial charge in [0.1, 0.15) is 5.56 Å². The summed E-state index contributed by atoms with van der Waals surface area (Å²) in [4.78, 5) is 11.1. The summed E-state index contributed by atoms with van der Waals surface area (Å²) in [5.74, 6) is -0.960. The van der Waals surface area contributed by atoms with Crippen molar-refractivity contribution in [1.82, 2.24) is 9.78 Å². The Bertz CT molecular complexity index is 641. The molecule has 0 bridgehead atoms. The van der Waals surface area contributed by atoms with Crippen LogP contribution in [0, 0.1) is 13.8 Å². The molecule has 0 aliphatic carbocycles. The van der Waals surface area contributed by atoms with Gasteiger partial charge in [-0.05, 0) is 37.1 Å². The number of aryl methyl sites for hydroxylation is 3. The van der Waals surface area contributed by atoms with E-state index in [0.29, 0.717) is 12.2 Å². The van der Waals surface area contributed by atoms with Crippen molar-refractivity contribution in [3.63, 3.8) is 0 Å². The van der Waals surface area contributed by atoms with Crippen molar-refractivity contribution >= 4 is 27.6 Å². The molecule has 1 heterocycles. The van der Waals surface area contributed by atoms with Crippen LogP contribution < -0.4 is 5.32 Å². The fourth-order valence-corrected chi connectivity index (χ4v) is 2.31. The van der Waals surface area contributed by atoms with Crippen LogP contribution in [0.15, 0.2) is 22.8 Å². The Morgan fingerprint density at radius 1 is 1.40 bits per heavy atom. The number of carbonyl (C=O) groups is 1. The van der Waals surface area contributed by atoms with Crippen LogP contribution in [-0.2, 0) is 13.6 Å². The minimum atomic E-state index is -0.960. The Balaban J connectivity index is 2.21. The van der Waals surface area contributed by atoms with Gasteiger partial charge in [-0.25, -0.2) is 4.79 Å². The fourth-order valence-electron chi connectivity index (χ4n) is 2.08. The molecule has 0 aliphatic heterocycles. The third-order valence-corrected chi connectivity index (χ3v) is 4.44. The Labute approximate surface area is 125 Å². The van der Waals surface area contributed by atoms with Crippen molar-refractivity contribution in [1.29, 1.82) is 0 Å². The number of rotatable bonds is 4. The van der Waals surface area contributed by atoms with Crippen molar-refractivity contribution in [2.75, 3.05) is 5.32 Å². The van der Waals surface area contributed by atoms with E-state index in [1.807, 2.05) is 26.0 Å². The van der Waals surface area contributed by atoms with E-state index in [2.05, 4.69) is 26.3 Å². The van der Waals surface area contributed by atoms with Gasteiger partial charge in [0.15, 0.2) is 0 Å². The average Bonchev–Trinajstić information content (AvgIpc) is 2.74. The molecule has 0 aliphatic rings. The van der Waals surface area contributed by atoms with Gasteiger partial charge in [0.25, 0.3) is 0 Å². The highest BCUT2D eigenvalue weighted by atomic mass is 79.9. The number of aromatic carboxylic acids is 1. The van der Waals surface area contributed by atoms with Crippen LogP contribution in [0.2, 0.25) is 0 Å². The number of benzene rings is 1. The van der Waals surface area contributed by atoms with Crippen molar-refractivity contribution < 1.29 is 9.90 Å². The normalized spacial score (nSPS) is 10.6. The van der Waals surface area contributed by atoms with Crippen LogP contribution in [0.3, 0.4) is 0 Å². The molecule has 0 atom stereocenters. The number of carboxylic acid groups (broad SMARTS) is 1. The molecule has 1 aromatic heterocycles. The molecule has 0 radical (unpaired) electrons. The minimum Gasteiger partial charge on any atom is -0.478 e. The van der Waals surface area contributed by atoms with Gasteiger partial charge in [-0.3, -0.25) is 4.68 Å². The van der Waals surface area contributed by atoms with Crippen LogP contribution in [0.1, 0.15) is 27.2 Å². The van der Waals surface area contributed by atoms with Gasteiger partial charge >= 0.3 is 5.97 Å². The van der Waals surface area contributed by atoms with E-state index in [-0.39, 0.29) is 5.56 Å². The SMILES string of the molecule is Cc1cc(NCc2c(C(=O)O)cnn2C)cc(C)c1Br. The van der Waals surface area contributed by atoms with Crippen LogP contribution in [0.5, 0.6) is 0 Å². The first-order valence-corrected chi connectivity index (χ1v) is 6.94. The molecule has 2 rings (SSSR count). The van der Waals surface area contributed by atoms with Crippen LogP contribution >= 0.6 is 15.9 Å². The summed E-state index contributed by atoms with van der Waals surface area (Å²) in [6.07, 6.45) is 1.37. The summed E-state index contributed by atoms with van der Waals surface area (Å²) in [7, 11) is 1.74. The summed E-state index contributed by atoms with van der Waals surface area (Å²) in [6, 6.07) is 4.04. The quantitative estimate of drug-likeness (QED) is 0.899. The number of nitrogens with one attached hydrogen (secondary N) is 1. The highest BCUT2D eigenvalue weighted by molar-refractivity contribution is 9.10. The number of aromatic nitrogens is 2. The lowest BCUT2D eigenvalue weighted by molar-refractivity contribution is 0.0695. The smallest absolute Gasteiger partial charge is 0.339 e. The van der Waals surface area contributed by atoms with Gasteiger partial charge in [0, 0.05) is 17.2 Å². The van der Waals surface area contributed by atoms with Gasteiger partial charge in [-0.15, -0.1) is 0 Å². The maximum Gasteiger partial charge on any atom is 0.339 e. The molecule has 0 saturated carbocycles. The Hall–Kier alpha value is -1.82. The first-order chi connectivity index (χ1) is 9.40. The van der Waals surface area contributed by atoms with E-state index >= 15 is 0 Å². The van der Waals surface area contributed by atoms with E-state index in [9.17, 15) is 4.79 Å². The molecular weight excluding hydrogens is 322 g/mol. The number of anilines is 1. The predicted octanol–water partition coefficient (Wildman–Crippen LogP) is 3.11. The molecule has 1 aromatic carbocycles. The number of nitrogens with zero attached hydrogens (tertiary/aromatic N) is 2. The van der Waals surface area contributed by atoms with E-state index in [1.165, 1.54) is 6.20 Å². The van der Waals surface area contributed by atoms with E-state index < -0.39 is 5.97 Å². The third-order valence-electron chi connectivity index (χ3n) is 3.19. The monoisotopic (exact) mass is 337 g/mol. The summed E-state index contributed by atoms with van der Waals surface area (Å²) >= 11 is 3.53. The second kappa shape index (κ2) is 5.66. The van der Waals surface area contributed by atoms with Gasteiger partial charge in [-0.2, -0.15) is 5.10 Å². The molecular formula is C14H16BrN3O2. The zero-order valence-corrected chi connectivity index (χ0v) is 13.2. The van der Waals surface area contributed by atoms with Crippen LogP contribution in [-0.4, -0.2) is 20.9 Å². The lowest BCUT2D eigenvalue weighted by Crippen LogP contribution is -2.10. The number of carboxylic acids is 1. The van der Waals surface area contributed by atoms with E-state index in [1.54, 1.807) is 11.7 Å². The topological polar surface area (TPSA) is 67.2 Å². The first-order valence-electron chi connectivity index (χ1n) is 6.15. The van der Waals surface area contributed by atoms with Gasteiger partial charge in [0.05, 0.1) is 18.4 Å². The Kier molecular flexibility index (Phi) is 4.13. The minimum absolute atomic E-state index is 0.227. The third kappa shape index (κ3) is 2.85. The zero-order valence-electron chi connectivity index (χ0n) is 11.6. The largest absolute Gasteiger partial charge is 0.478 e. The summed E-state index contributed by atoms with van der Waals surface area (Å²) < 4.78 is 2.67. The predicted molar refractivity (Wildman–Crippen MR) is 81.1 cm³/mol. The summed E-state index contributed by atoms with van der Waals surface area (Å²) in [5.41, 5.74) is 4.11. The summed E-state index contributed by atoms with van der Waals surface area (Å²) in [5, 5.41) is 16.3. The van der Waals surface area contributed by atoms with Crippen molar-refractivity contribution in [2.24, 2.45) is 7.05 Å². The zero-order chi connectivity index (χ0) is 14.9. The summed E-state index contributed by atoms with van der Waals surface area (Å²) in [6.45, 7) is 4.46. The molecule has 0 spiro atoms. The number of halogens is 1. The molecule has 0 fully saturated rings. The van der Waals surface area contributed by atoms with Crippen molar-refractivity contribution in [2.45, 2.75) is 20.4 Å². The molecule has 2 aromatic rings. The lowest BCUT2D eigenvalue weighted by atomic mass is 10.1. The second-order valence-electron chi connectivity index (χ2n) is 4.71. The molecule has 0 saturated heterocycles. The Morgan fingerprint density at radius 3 is 2.55 bits per heavy atom. The molecule has 6 heteroatoms. The first kappa shape index (κ1) is 14.6. The molecule has 2 N–H and O–H groups in total. The molecule has 0 unspecified atom stereocenters. The second-order valence-corrected chi connectivity index (χ2v) is 5.50. The lowest BCUT2D eigenvalue weighted by Gasteiger charge is -2.11. The van der Waals surface area contributed by atoms with Crippen LogP contribution in [0.4, 0.5) is 5.69 Å². The number of hydrogen-bond acceptors (Lipinski definition) is 3. The van der Waals surface area contributed by atoms with Crippen LogP contribution in [0.25, 0.3) is 0 Å². The standard InChI is InChI=1S/C14H16BrN3O2/c1-8-4-10(5-9(2)13(8)15)16-7-12-11(14(19)20)6-17-18(12)3/h4-6,16H,7H2,1-3H3,(H,19,20). The molecule has 106 valence electrons. The maximum atomic E-state index is 11.1. The fraction of sp³-hybridized carbons (Fsp3) is 0.286. The van der Waals surface area contributed by atoms with Gasteiger partial charge in [-0.1, -0.05) is 15.9 Å². The molecule has 20 heavy (non-hydrogen) atoms. The van der Waals surface area contributed by atoms with Gasteiger partial charge < -0.3 is 10.4 Å². The average molecular weight is 338 g/mol.